The van der Waals surface area contributed by atoms with Gasteiger partial charge in [-0.15, -0.1) is 0 Å². The Hall–Kier alpha value is -2.11. The first-order valence-electron chi connectivity index (χ1n) is 5.52. The van der Waals surface area contributed by atoms with Crippen LogP contribution in [0.1, 0.15) is 18.3 Å². The van der Waals surface area contributed by atoms with E-state index in [0.717, 1.165) is 17.9 Å². The minimum absolute atomic E-state index is 0.242. The summed E-state index contributed by atoms with van der Waals surface area (Å²) in [5, 5.41) is 7.48. The van der Waals surface area contributed by atoms with Gasteiger partial charge in [0.1, 0.15) is 5.82 Å². The number of hydrogen-bond donors (Lipinski definition) is 2. The highest BCUT2D eigenvalue weighted by molar-refractivity contribution is 5.45. The van der Waals surface area contributed by atoms with Gasteiger partial charge in [-0.25, -0.2) is 4.68 Å². The molecule has 0 radical (unpaired) electrons. The molecule has 2 aromatic rings. The number of nitrogens with zero attached hydrogens (tertiary/aromatic N) is 4. The molecule has 0 bridgehead atoms. The molecule has 6 heteroatoms. The highest BCUT2D eigenvalue weighted by atomic mass is 15.3. The number of hydrogen-bond acceptors (Lipinski definition) is 5. The largest absolute Gasteiger partial charge is 0.370 e. The van der Waals surface area contributed by atoms with Crippen LogP contribution >= 0.6 is 0 Å². The van der Waals surface area contributed by atoms with Crippen molar-refractivity contribution in [3.63, 3.8) is 0 Å². The van der Waals surface area contributed by atoms with Crippen molar-refractivity contribution in [1.82, 2.24) is 19.7 Å². The lowest BCUT2D eigenvalue weighted by Gasteiger charge is -2.07. The molecule has 0 atom stereocenters. The Morgan fingerprint density at radius 2 is 2.06 bits per heavy atom. The Morgan fingerprint density at radius 3 is 2.65 bits per heavy atom. The fourth-order valence-corrected chi connectivity index (χ4v) is 1.69. The van der Waals surface area contributed by atoms with Crippen LogP contribution in [0.15, 0.2) is 12.1 Å². The summed E-state index contributed by atoms with van der Waals surface area (Å²) >= 11 is 0. The van der Waals surface area contributed by atoms with Crippen LogP contribution in [0.3, 0.4) is 0 Å². The van der Waals surface area contributed by atoms with E-state index in [1.807, 2.05) is 32.9 Å². The van der Waals surface area contributed by atoms with Crippen LogP contribution in [0.4, 0.5) is 11.8 Å². The Balaban J connectivity index is 2.48. The van der Waals surface area contributed by atoms with Crippen molar-refractivity contribution in [2.45, 2.75) is 20.8 Å². The van der Waals surface area contributed by atoms with Crippen LogP contribution < -0.4 is 11.1 Å². The number of anilines is 2. The van der Waals surface area contributed by atoms with E-state index in [0.29, 0.717) is 11.6 Å². The lowest BCUT2D eigenvalue weighted by Crippen LogP contribution is -2.09. The summed E-state index contributed by atoms with van der Waals surface area (Å²) in [6.07, 6.45) is 0. The van der Waals surface area contributed by atoms with E-state index < -0.39 is 0 Å². The lowest BCUT2D eigenvalue weighted by atomic mass is 10.4. The number of nitrogen functional groups attached to an aromatic ring is 1. The summed E-state index contributed by atoms with van der Waals surface area (Å²) in [4.78, 5) is 8.29. The van der Waals surface area contributed by atoms with Crippen LogP contribution in [-0.2, 0) is 0 Å². The Labute approximate surface area is 99.9 Å². The van der Waals surface area contributed by atoms with E-state index >= 15 is 0 Å². The topological polar surface area (TPSA) is 81.7 Å². The molecule has 0 aromatic carbocycles. The minimum Gasteiger partial charge on any atom is -0.370 e. The van der Waals surface area contributed by atoms with Gasteiger partial charge in [0.25, 0.3) is 0 Å². The van der Waals surface area contributed by atoms with Crippen molar-refractivity contribution in [3.8, 4) is 5.82 Å². The number of nitrogens with one attached hydrogen (secondary N) is 1. The molecule has 17 heavy (non-hydrogen) atoms. The predicted octanol–water partition coefficient (Wildman–Crippen LogP) is 1.29. The molecule has 0 fully saturated rings. The first kappa shape index (κ1) is 11.4. The predicted molar refractivity (Wildman–Crippen MR) is 67.2 cm³/mol. The molecule has 2 heterocycles. The third kappa shape index (κ3) is 2.35. The maximum Gasteiger partial charge on any atom is 0.224 e. The molecule has 0 spiro atoms. The van der Waals surface area contributed by atoms with E-state index in [2.05, 4.69) is 20.4 Å². The van der Waals surface area contributed by atoms with Crippen molar-refractivity contribution >= 4 is 11.8 Å². The summed E-state index contributed by atoms with van der Waals surface area (Å²) in [5.41, 5.74) is 7.65. The zero-order valence-electron chi connectivity index (χ0n) is 10.2. The summed E-state index contributed by atoms with van der Waals surface area (Å²) in [7, 11) is 0. The van der Waals surface area contributed by atoms with Crippen molar-refractivity contribution in [2.24, 2.45) is 0 Å². The fourth-order valence-electron chi connectivity index (χ4n) is 1.69. The smallest absolute Gasteiger partial charge is 0.224 e. The van der Waals surface area contributed by atoms with E-state index in [1.165, 1.54) is 0 Å². The Morgan fingerprint density at radius 1 is 1.29 bits per heavy atom. The molecule has 0 saturated heterocycles. The standard InChI is InChI=1S/C11H16N6/c1-4-13-9-6-10(15-11(12)14-9)17-8(3)5-7(2)16-17/h5-6H,4H2,1-3H3,(H3,12,13,14,15). The van der Waals surface area contributed by atoms with Crippen molar-refractivity contribution in [2.75, 3.05) is 17.6 Å². The average Bonchev–Trinajstić information content (AvgIpc) is 2.57. The number of aryl methyl sites for hydroxylation is 2. The maximum atomic E-state index is 5.68. The molecule has 0 amide bonds. The molecule has 6 nitrogen and oxygen atoms in total. The van der Waals surface area contributed by atoms with Gasteiger partial charge in [0.2, 0.25) is 5.95 Å². The molecular formula is C11H16N6. The lowest BCUT2D eigenvalue weighted by molar-refractivity contribution is 0.803. The third-order valence-corrected chi connectivity index (χ3v) is 2.31. The number of nitrogens with two attached hydrogens (primary N) is 1. The molecule has 0 aliphatic rings. The van der Waals surface area contributed by atoms with Crippen molar-refractivity contribution in [1.29, 1.82) is 0 Å². The molecule has 0 unspecified atom stereocenters. The van der Waals surface area contributed by atoms with Gasteiger partial charge < -0.3 is 11.1 Å². The van der Waals surface area contributed by atoms with Gasteiger partial charge in [-0.05, 0) is 26.8 Å². The molecule has 0 saturated carbocycles. The first-order chi connectivity index (χ1) is 8.10. The molecule has 90 valence electrons. The molecule has 3 N–H and O–H groups in total. The number of aromatic nitrogens is 4. The molecule has 0 aliphatic carbocycles. The summed E-state index contributed by atoms with van der Waals surface area (Å²) < 4.78 is 1.76. The Kier molecular flexibility index (Phi) is 2.95. The van der Waals surface area contributed by atoms with E-state index in [4.69, 9.17) is 5.73 Å². The second kappa shape index (κ2) is 4.40. The van der Waals surface area contributed by atoms with Crippen LogP contribution in [-0.4, -0.2) is 26.3 Å². The highest BCUT2D eigenvalue weighted by Crippen LogP contribution is 2.14. The maximum absolute atomic E-state index is 5.68. The van der Waals surface area contributed by atoms with Crippen molar-refractivity contribution < 1.29 is 0 Å². The Bertz CT molecular complexity index is 531. The molecule has 2 aromatic heterocycles. The van der Waals surface area contributed by atoms with Gasteiger partial charge in [-0.2, -0.15) is 15.1 Å². The van der Waals surface area contributed by atoms with E-state index in [1.54, 1.807) is 4.68 Å². The zero-order valence-corrected chi connectivity index (χ0v) is 10.2. The van der Waals surface area contributed by atoms with Crippen LogP contribution in [0.2, 0.25) is 0 Å². The second-order valence-corrected chi connectivity index (χ2v) is 3.84. The molecule has 2 rings (SSSR count). The fraction of sp³-hybridized carbons (Fsp3) is 0.364. The quantitative estimate of drug-likeness (QED) is 0.833. The summed E-state index contributed by atoms with van der Waals surface area (Å²) in [6.45, 7) is 6.71. The van der Waals surface area contributed by atoms with Gasteiger partial charge in [0, 0.05) is 18.3 Å². The van der Waals surface area contributed by atoms with Gasteiger partial charge in [0.05, 0.1) is 5.69 Å². The van der Waals surface area contributed by atoms with Gasteiger partial charge >= 0.3 is 0 Å². The summed E-state index contributed by atoms with van der Waals surface area (Å²) in [5.74, 6) is 1.63. The first-order valence-corrected chi connectivity index (χ1v) is 5.52. The normalized spacial score (nSPS) is 10.5. The van der Waals surface area contributed by atoms with Gasteiger partial charge in [0.15, 0.2) is 5.82 Å². The monoisotopic (exact) mass is 232 g/mol. The SMILES string of the molecule is CCNc1cc(-n2nc(C)cc2C)nc(N)n1. The average molecular weight is 232 g/mol. The van der Waals surface area contributed by atoms with Gasteiger partial charge in [-0.1, -0.05) is 0 Å². The third-order valence-electron chi connectivity index (χ3n) is 2.31. The van der Waals surface area contributed by atoms with Crippen LogP contribution in [0, 0.1) is 13.8 Å². The highest BCUT2D eigenvalue weighted by Gasteiger charge is 2.08. The second-order valence-electron chi connectivity index (χ2n) is 3.84. The zero-order chi connectivity index (χ0) is 12.4. The minimum atomic E-state index is 0.242. The number of rotatable bonds is 3. The van der Waals surface area contributed by atoms with Crippen LogP contribution in [0.5, 0.6) is 0 Å². The van der Waals surface area contributed by atoms with Crippen molar-refractivity contribution in [3.05, 3.63) is 23.5 Å². The van der Waals surface area contributed by atoms with Crippen LogP contribution in [0.25, 0.3) is 5.82 Å². The summed E-state index contributed by atoms with van der Waals surface area (Å²) in [6, 6.07) is 3.82. The van der Waals surface area contributed by atoms with Gasteiger partial charge in [-0.3, -0.25) is 0 Å². The van der Waals surface area contributed by atoms with E-state index in [9.17, 15) is 0 Å². The van der Waals surface area contributed by atoms with E-state index in [-0.39, 0.29) is 5.95 Å². The molecule has 0 aliphatic heterocycles. The molecular weight excluding hydrogens is 216 g/mol.